The molecule has 0 unspecified atom stereocenters. The minimum absolute atomic E-state index is 0.0911. The molecule has 0 bridgehead atoms. The monoisotopic (exact) mass is 497 g/mol. The number of anilines is 2. The van der Waals surface area contributed by atoms with E-state index in [2.05, 4.69) is 38.3 Å². The molecule has 1 fully saturated rings. The Morgan fingerprint density at radius 1 is 1.14 bits per heavy atom. The van der Waals surface area contributed by atoms with Gasteiger partial charge in [0.25, 0.3) is 0 Å². The maximum absolute atomic E-state index is 13.6. The number of piperazine rings is 1. The number of aromatic nitrogens is 3. The second-order valence-corrected chi connectivity index (χ2v) is 9.85. The van der Waals surface area contributed by atoms with Gasteiger partial charge in [0.05, 0.1) is 11.3 Å². The standard InChI is InChI=1S/C27H30F3N5O/c1-17-16-34(11-12-35(17)25-14-23(27(28,29)30)22(15-31-25)18(2)36)26-21-10-6-9-20(21)24(32-33-26)13-19-7-4-3-5-8-19/h4,7-8,14-15,17H,3,5-6,9-13,16H2,1-2H3/t17-/m1/s1. The first kappa shape index (κ1) is 24.5. The molecular formula is C27H30F3N5O. The number of alkyl halides is 3. The Hall–Kier alpha value is -3.23. The fraction of sp³-hybridized carbons (Fsp3) is 0.481. The normalized spacial score (nSPS) is 19.9. The van der Waals surface area contributed by atoms with Crippen LogP contribution >= 0.6 is 0 Å². The van der Waals surface area contributed by atoms with Crippen LogP contribution in [0.4, 0.5) is 24.8 Å². The van der Waals surface area contributed by atoms with Crippen LogP contribution in [-0.2, 0) is 25.4 Å². The van der Waals surface area contributed by atoms with Crippen molar-refractivity contribution in [3.8, 4) is 0 Å². The van der Waals surface area contributed by atoms with E-state index in [4.69, 9.17) is 0 Å². The van der Waals surface area contributed by atoms with E-state index in [1.54, 1.807) is 0 Å². The summed E-state index contributed by atoms with van der Waals surface area (Å²) in [5.74, 6) is 0.493. The molecule has 3 aliphatic rings. The summed E-state index contributed by atoms with van der Waals surface area (Å²) in [6.07, 6.45) is 9.12. The number of hydrogen-bond acceptors (Lipinski definition) is 6. The van der Waals surface area contributed by atoms with Crippen molar-refractivity contribution in [2.45, 2.75) is 64.6 Å². The number of allylic oxidation sites excluding steroid dienone is 4. The maximum atomic E-state index is 13.6. The number of halogens is 3. The highest BCUT2D eigenvalue weighted by molar-refractivity contribution is 5.95. The third kappa shape index (κ3) is 4.75. The molecule has 1 saturated heterocycles. The van der Waals surface area contributed by atoms with Crippen molar-refractivity contribution >= 4 is 17.4 Å². The molecule has 1 aliphatic heterocycles. The minimum atomic E-state index is -4.62. The van der Waals surface area contributed by atoms with Gasteiger partial charge in [-0.25, -0.2) is 4.98 Å². The number of nitrogens with zero attached hydrogens (tertiary/aromatic N) is 5. The number of fused-ring (bicyclic) bond motifs is 1. The molecule has 9 heteroatoms. The fourth-order valence-corrected chi connectivity index (χ4v) is 5.53. The topological polar surface area (TPSA) is 62.2 Å². The lowest BCUT2D eigenvalue weighted by Gasteiger charge is -2.41. The zero-order chi connectivity index (χ0) is 25.4. The third-order valence-corrected chi connectivity index (χ3v) is 7.34. The number of pyridine rings is 1. The van der Waals surface area contributed by atoms with E-state index >= 15 is 0 Å². The van der Waals surface area contributed by atoms with Crippen LogP contribution in [0, 0.1) is 0 Å². The molecule has 2 aromatic heterocycles. The number of ketones is 1. The zero-order valence-electron chi connectivity index (χ0n) is 20.6. The van der Waals surface area contributed by atoms with Crippen molar-refractivity contribution in [1.29, 1.82) is 0 Å². The highest BCUT2D eigenvalue weighted by atomic mass is 19.4. The lowest BCUT2D eigenvalue weighted by atomic mass is 9.99. The summed E-state index contributed by atoms with van der Waals surface area (Å²) in [4.78, 5) is 20.0. The predicted molar refractivity (Wildman–Crippen MR) is 132 cm³/mol. The molecule has 5 rings (SSSR count). The van der Waals surface area contributed by atoms with Gasteiger partial charge in [-0.15, -0.1) is 5.10 Å². The second-order valence-electron chi connectivity index (χ2n) is 9.85. The van der Waals surface area contributed by atoms with Crippen molar-refractivity contribution in [1.82, 2.24) is 15.2 Å². The summed E-state index contributed by atoms with van der Waals surface area (Å²) in [5.41, 5.74) is 3.60. The lowest BCUT2D eigenvalue weighted by Crippen LogP contribution is -2.53. The molecule has 0 spiro atoms. The van der Waals surface area contributed by atoms with Gasteiger partial charge in [0.2, 0.25) is 0 Å². The number of carbonyl (C=O) groups is 1. The number of carbonyl (C=O) groups excluding carboxylic acids is 1. The molecule has 2 aromatic rings. The van der Waals surface area contributed by atoms with Gasteiger partial charge in [0.15, 0.2) is 11.6 Å². The van der Waals surface area contributed by atoms with Crippen molar-refractivity contribution < 1.29 is 18.0 Å². The van der Waals surface area contributed by atoms with E-state index in [0.29, 0.717) is 19.6 Å². The Balaban J connectivity index is 1.36. The molecule has 0 saturated carbocycles. The van der Waals surface area contributed by atoms with Crippen LogP contribution in [-0.4, -0.2) is 46.6 Å². The van der Waals surface area contributed by atoms with E-state index in [1.807, 2.05) is 11.8 Å². The van der Waals surface area contributed by atoms with Gasteiger partial charge in [0.1, 0.15) is 5.82 Å². The molecule has 0 amide bonds. The van der Waals surface area contributed by atoms with Gasteiger partial charge in [-0.05, 0) is 63.2 Å². The van der Waals surface area contributed by atoms with Crippen LogP contribution in [0.3, 0.4) is 0 Å². The minimum Gasteiger partial charge on any atom is -0.351 e. The van der Waals surface area contributed by atoms with E-state index < -0.39 is 23.1 Å². The van der Waals surface area contributed by atoms with Crippen molar-refractivity contribution in [3.63, 3.8) is 0 Å². The zero-order valence-corrected chi connectivity index (χ0v) is 20.6. The molecule has 0 radical (unpaired) electrons. The Kier molecular flexibility index (Phi) is 6.57. The Labute approximate surface area is 208 Å². The number of Topliss-reactive ketones (excluding diaryl/α,β-unsaturated/α-hetero) is 1. The average Bonchev–Trinajstić information content (AvgIpc) is 3.34. The van der Waals surface area contributed by atoms with Gasteiger partial charge in [-0.2, -0.15) is 18.3 Å². The quantitative estimate of drug-likeness (QED) is 0.535. The second kappa shape index (κ2) is 9.67. The summed E-state index contributed by atoms with van der Waals surface area (Å²) in [7, 11) is 0. The van der Waals surface area contributed by atoms with Gasteiger partial charge >= 0.3 is 6.18 Å². The van der Waals surface area contributed by atoms with Crippen LogP contribution in [0.15, 0.2) is 36.1 Å². The van der Waals surface area contributed by atoms with Crippen LogP contribution in [0.25, 0.3) is 0 Å². The SMILES string of the molecule is CC(=O)c1cnc(N2CCN(c3nnc(CC4=CCCC=C4)c4c3CCC4)C[C@H]2C)cc1C(F)(F)F. The highest BCUT2D eigenvalue weighted by Crippen LogP contribution is 2.36. The summed E-state index contributed by atoms with van der Waals surface area (Å²) in [5, 5.41) is 9.29. The summed E-state index contributed by atoms with van der Waals surface area (Å²) in [6, 6.07) is 0.912. The largest absolute Gasteiger partial charge is 0.417 e. The van der Waals surface area contributed by atoms with E-state index in [-0.39, 0.29) is 11.9 Å². The summed E-state index contributed by atoms with van der Waals surface area (Å²) >= 11 is 0. The first-order valence-corrected chi connectivity index (χ1v) is 12.5. The molecule has 1 atom stereocenters. The highest BCUT2D eigenvalue weighted by Gasteiger charge is 2.37. The van der Waals surface area contributed by atoms with Crippen LogP contribution < -0.4 is 9.80 Å². The van der Waals surface area contributed by atoms with Crippen molar-refractivity contribution in [2.75, 3.05) is 29.4 Å². The van der Waals surface area contributed by atoms with E-state index in [9.17, 15) is 18.0 Å². The van der Waals surface area contributed by atoms with Gasteiger partial charge in [-0.1, -0.05) is 18.2 Å². The van der Waals surface area contributed by atoms with Gasteiger partial charge in [0, 0.05) is 49.4 Å². The summed E-state index contributed by atoms with van der Waals surface area (Å²) < 4.78 is 40.8. The average molecular weight is 498 g/mol. The Bertz CT molecular complexity index is 1240. The van der Waals surface area contributed by atoms with Crippen LogP contribution in [0.2, 0.25) is 0 Å². The smallest absolute Gasteiger partial charge is 0.351 e. The number of rotatable bonds is 5. The molecule has 6 nitrogen and oxygen atoms in total. The molecule has 36 heavy (non-hydrogen) atoms. The lowest BCUT2D eigenvalue weighted by molar-refractivity contribution is -0.137. The first-order chi connectivity index (χ1) is 17.2. The Morgan fingerprint density at radius 2 is 1.94 bits per heavy atom. The molecule has 0 N–H and O–H groups in total. The van der Waals surface area contributed by atoms with Crippen molar-refractivity contribution in [3.05, 3.63) is 64.0 Å². The van der Waals surface area contributed by atoms with Crippen LogP contribution in [0.1, 0.15) is 65.9 Å². The third-order valence-electron chi connectivity index (χ3n) is 7.34. The maximum Gasteiger partial charge on any atom is 0.417 e. The van der Waals surface area contributed by atoms with E-state index in [0.717, 1.165) is 69.2 Å². The number of hydrogen-bond donors (Lipinski definition) is 0. The molecular weight excluding hydrogens is 467 g/mol. The summed E-state index contributed by atoms with van der Waals surface area (Å²) in [6.45, 7) is 4.81. The molecule has 190 valence electrons. The van der Waals surface area contributed by atoms with Crippen molar-refractivity contribution in [2.24, 2.45) is 0 Å². The predicted octanol–water partition coefficient (Wildman–Crippen LogP) is 5.12. The molecule has 2 aliphatic carbocycles. The van der Waals surface area contributed by atoms with Crippen LogP contribution in [0.5, 0.6) is 0 Å². The molecule has 0 aromatic carbocycles. The molecule has 3 heterocycles. The Morgan fingerprint density at radius 3 is 2.64 bits per heavy atom. The first-order valence-electron chi connectivity index (χ1n) is 12.5. The fourth-order valence-electron chi connectivity index (χ4n) is 5.53. The van der Waals surface area contributed by atoms with Gasteiger partial charge < -0.3 is 9.80 Å². The van der Waals surface area contributed by atoms with Gasteiger partial charge in [-0.3, -0.25) is 4.79 Å². The van der Waals surface area contributed by atoms with E-state index in [1.165, 1.54) is 16.7 Å².